The molecule has 0 saturated heterocycles. The predicted molar refractivity (Wildman–Crippen MR) is 0.686 cm³/mol. The van der Waals surface area contributed by atoms with Crippen LogP contribution in [0.25, 0.3) is 0 Å². The summed E-state index contributed by atoms with van der Waals surface area (Å²) in [6.45, 7) is 0. The van der Waals surface area contributed by atoms with E-state index in [1.54, 1.807) is 0 Å². The summed E-state index contributed by atoms with van der Waals surface area (Å²) < 4.78 is 0. The summed E-state index contributed by atoms with van der Waals surface area (Å²) in [7, 11) is 0. The molecule has 0 aromatic heterocycles. The van der Waals surface area contributed by atoms with Crippen LogP contribution in [0.5, 0.6) is 0 Å². The Balaban J connectivity index is 0. The average molecular weight is 186 g/mol. The first-order chi connectivity index (χ1) is 0. The molecule has 0 aliphatic heterocycles. The fraction of sp³-hybridized carbons (Fsp3) is 0. The van der Waals surface area contributed by atoms with E-state index in [1.807, 2.05) is 0 Å². The van der Waals surface area contributed by atoms with E-state index >= 15 is 0 Å². The average Bonchev–Trinajstić information content (AvgIpc) is 0. The fourth-order valence-corrected chi connectivity index (χ4v) is 0. The summed E-state index contributed by atoms with van der Waals surface area (Å²) in [6.07, 6.45) is 0. The molecule has 30 valence electrons. The molecule has 0 unspecified atom stereocenters. The number of rotatable bonds is 0. The summed E-state index contributed by atoms with van der Waals surface area (Å²) in [4.78, 5) is 0. The van der Waals surface area contributed by atoms with Gasteiger partial charge in [-0.1, -0.05) is 0 Å². The minimum absolute atomic E-state index is 0. The van der Waals surface area contributed by atoms with Gasteiger partial charge in [0.15, 0.2) is 0 Å². The first-order valence-corrected chi connectivity index (χ1v) is 0. The summed E-state index contributed by atoms with van der Waals surface area (Å²) in [5.74, 6) is 0. The Morgan fingerprint density at radius 1 is 1.00 bits per heavy atom. The molecule has 0 amide bonds. The standard InChI is InChI=1S/Cr.Cu.Mn.O/q;;+2;-2. The third kappa shape index (κ3) is 9.65. The fourth-order valence-electron chi connectivity index (χ4n) is 0. The monoisotopic (exact) mass is 186 g/mol. The molecule has 2 radical (unpaired) electrons. The number of hydrogen-bond acceptors (Lipinski definition) is 0. The van der Waals surface area contributed by atoms with Crippen molar-refractivity contribution in [2.24, 2.45) is 0 Å². The second-order valence-electron chi connectivity index (χ2n) is 0. The molecule has 4 heavy (non-hydrogen) atoms. The van der Waals surface area contributed by atoms with Gasteiger partial charge < -0.3 is 5.48 Å². The van der Waals surface area contributed by atoms with E-state index in [2.05, 4.69) is 0 Å². The SMILES string of the molecule is [Cr].[Cu].[Mn+2].[O-2]. The van der Waals surface area contributed by atoms with Gasteiger partial charge in [-0.25, -0.2) is 0 Å². The quantitative estimate of drug-likeness (QED) is 0.472. The van der Waals surface area contributed by atoms with E-state index in [-0.39, 0.29) is 57.0 Å². The van der Waals surface area contributed by atoms with Crippen LogP contribution in [-0.4, -0.2) is 0 Å². The van der Waals surface area contributed by atoms with E-state index < -0.39 is 0 Å². The van der Waals surface area contributed by atoms with E-state index in [4.69, 9.17) is 0 Å². The molecule has 0 aliphatic carbocycles. The summed E-state index contributed by atoms with van der Waals surface area (Å²) >= 11 is 0. The van der Waals surface area contributed by atoms with Crippen molar-refractivity contribution < 1.29 is 57.0 Å². The van der Waals surface area contributed by atoms with E-state index in [0.29, 0.717) is 0 Å². The summed E-state index contributed by atoms with van der Waals surface area (Å²) in [5, 5.41) is 0. The van der Waals surface area contributed by atoms with E-state index in [0.717, 1.165) is 0 Å². The molecule has 0 atom stereocenters. The molecule has 0 rings (SSSR count). The maximum Gasteiger partial charge on any atom is 2.00 e. The van der Waals surface area contributed by atoms with Crippen LogP contribution in [0.2, 0.25) is 0 Å². The Hall–Kier alpha value is 1.53. The molecule has 0 aliphatic rings. The summed E-state index contributed by atoms with van der Waals surface area (Å²) in [5.41, 5.74) is 0. The van der Waals surface area contributed by atoms with Crippen LogP contribution in [-0.2, 0) is 57.0 Å². The van der Waals surface area contributed by atoms with Crippen LogP contribution in [0, 0.1) is 0 Å². The van der Waals surface area contributed by atoms with Gasteiger partial charge in [0.1, 0.15) is 0 Å². The van der Waals surface area contributed by atoms with Gasteiger partial charge in [-0.3, -0.25) is 0 Å². The Bertz CT molecular complexity index is 8.00. The minimum Gasteiger partial charge on any atom is -2.00 e. The summed E-state index contributed by atoms with van der Waals surface area (Å²) in [6, 6.07) is 0. The largest absolute Gasteiger partial charge is 2.00 e. The van der Waals surface area contributed by atoms with Crippen LogP contribution < -0.4 is 0 Å². The van der Waals surface area contributed by atoms with E-state index in [9.17, 15) is 0 Å². The van der Waals surface area contributed by atoms with Crippen molar-refractivity contribution in [2.45, 2.75) is 0 Å². The van der Waals surface area contributed by atoms with Crippen LogP contribution in [0.3, 0.4) is 0 Å². The van der Waals surface area contributed by atoms with Crippen molar-refractivity contribution in [3.8, 4) is 0 Å². The zero-order valence-electron chi connectivity index (χ0n) is 1.50. The van der Waals surface area contributed by atoms with Crippen molar-refractivity contribution in [1.29, 1.82) is 0 Å². The maximum atomic E-state index is 0. The first-order valence-electron chi connectivity index (χ1n) is 0. The first kappa shape index (κ1) is 48.4. The number of hydrogen-bond donors (Lipinski definition) is 0. The molecule has 0 spiro atoms. The van der Waals surface area contributed by atoms with E-state index in [1.165, 1.54) is 0 Å². The van der Waals surface area contributed by atoms with Gasteiger partial charge >= 0.3 is 17.1 Å². The molecule has 0 heterocycles. The van der Waals surface area contributed by atoms with Crippen LogP contribution in [0.4, 0.5) is 0 Å². The van der Waals surface area contributed by atoms with Gasteiger partial charge in [0.25, 0.3) is 0 Å². The Kier molecular flexibility index (Phi) is 292. The molecule has 0 saturated carbocycles. The van der Waals surface area contributed by atoms with Gasteiger partial charge in [-0.15, -0.1) is 0 Å². The smallest absolute Gasteiger partial charge is 2.00 e. The zero-order chi connectivity index (χ0) is 0. The van der Waals surface area contributed by atoms with Crippen molar-refractivity contribution in [3.05, 3.63) is 0 Å². The topological polar surface area (TPSA) is 28.5 Å². The van der Waals surface area contributed by atoms with Gasteiger partial charge in [0, 0.05) is 34.4 Å². The molecule has 0 bridgehead atoms. The molecular weight excluding hydrogens is 186 g/mol. The molecular formula is CrCuMnO. The van der Waals surface area contributed by atoms with Gasteiger partial charge in [-0.05, 0) is 0 Å². The third-order valence-electron chi connectivity index (χ3n) is 0. The van der Waals surface area contributed by atoms with Crippen molar-refractivity contribution >= 4 is 0 Å². The molecule has 0 fully saturated rings. The Morgan fingerprint density at radius 3 is 1.00 bits per heavy atom. The third-order valence-corrected chi connectivity index (χ3v) is 0. The Labute approximate surface area is 56.9 Å². The minimum atomic E-state index is 0. The van der Waals surface area contributed by atoms with Crippen molar-refractivity contribution in [1.82, 2.24) is 0 Å². The van der Waals surface area contributed by atoms with Gasteiger partial charge in [0.05, 0.1) is 0 Å². The molecule has 4 heteroatoms. The second kappa shape index (κ2) is 24.1. The van der Waals surface area contributed by atoms with Crippen LogP contribution >= 0.6 is 0 Å². The zero-order valence-corrected chi connectivity index (χ0v) is 4.89. The molecule has 0 aromatic rings. The predicted octanol–water partition coefficient (Wildman–Crippen LogP) is -0.126. The molecule has 0 aromatic carbocycles. The second-order valence-corrected chi connectivity index (χ2v) is 0. The maximum absolute atomic E-state index is 0. The normalized spacial score (nSPS) is 0. The van der Waals surface area contributed by atoms with Crippen molar-refractivity contribution in [3.63, 3.8) is 0 Å². The van der Waals surface area contributed by atoms with Gasteiger partial charge in [-0.2, -0.15) is 0 Å². The Morgan fingerprint density at radius 2 is 1.00 bits per heavy atom. The van der Waals surface area contributed by atoms with Gasteiger partial charge in [0.2, 0.25) is 0 Å². The van der Waals surface area contributed by atoms with Crippen LogP contribution in [0.1, 0.15) is 0 Å². The molecule has 1 nitrogen and oxygen atoms in total. The van der Waals surface area contributed by atoms with Crippen LogP contribution in [0.15, 0.2) is 0 Å². The molecule has 0 N–H and O–H groups in total. The van der Waals surface area contributed by atoms with Crippen molar-refractivity contribution in [2.75, 3.05) is 0 Å².